The molecule has 0 radical (unpaired) electrons. The van der Waals surface area contributed by atoms with E-state index in [4.69, 9.17) is 4.74 Å². The Kier molecular flexibility index (Phi) is 11.3. The number of carbonyl (C=O) groups excluding carboxylic acids is 2. The standard InChI is InChI=1S/C14H28N2O3/c1-4-13(17)16-11-14(18)15-9-7-5-6-8-10-19-12(2)3/h12H,4-11H2,1-3H3,(H,15,18)(H,16,17). The molecule has 0 aliphatic rings. The van der Waals surface area contributed by atoms with Crippen molar-refractivity contribution >= 4 is 11.8 Å². The molecule has 0 saturated heterocycles. The van der Waals surface area contributed by atoms with Crippen molar-refractivity contribution in [1.29, 1.82) is 0 Å². The van der Waals surface area contributed by atoms with Crippen LogP contribution in [0.1, 0.15) is 52.9 Å². The van der Waals surface area contributed by atoms with E-state index in [9.17, 15) is 9.59 Å². The van der Waals surface area contributed by atoms with Crippen molar-refractivity contribution in [2.45, 2.75) is 59.0 Å². The highest BCUT2D eigenvalue weighted by atomic mass is 16.5. The predicted molar refractivity (Wildman–Crippen MR) is 75.9 cm³/mol. The normalized spacial score (nSPS) is 10.5. The summed E-state index contributed by atoms with van der Waals surface area (Å²) >= 11 is 0. The molecule has 112 valence electrons. The van der Waals surface area contributed by atoms with E-state index >= 15 is 0 Å². The average molecular weight is 272 g/mol. The molecule has 0 unspecified atom stereocenters. The molecule has 5 nitrogen and oxygen atoms in total. The van der Waals surface area contributed by atoms with Gasteiger partial charge in [-0.2, -0.15) is 0 Å². The monoisotopic (exact) mass is 272 g/mol. The maximum absolute atomic E-state index is 11.3. The molecule has 0 rings (SSSR count). The van der Waals surface area contributed by atoms with E-state index in [-0.39, 0.29) is 18.4 Å². The van der Waals surface area contributed by atoms with Crippen molar-refractivity contribution < 1.29 is 14.3 Å². The van der Waals surface area contributed by atoms with Crippen LogP contribution in [-0.4, -0.2) is 37.6 Å². The number of amides is 2. The van der Waals surface area contributed by atoms with Crippen LogP contribution in [0.2, 0.25) is 0 Å². The highest BCUT2D eigenvalue weighted by Gasteiger charge is 2.02. The molecule has 5 heteroatoms. The van der Waals surface area contributed by atoms with Gasteiger partial charge in [0.1, 0.15) is 0 Å². The zero-order valence-electron chi connectivity index (χ0n) is 12.5. The lowest BCUT2D eigenvalue weighted by Gasteiger charge is -2.08. The van der Waals surface area contributed by atoms with Crippen molar-refractivity contribution in [3.8, 4) is 0 Å². The molecule has 2 amide bonds. The van der Waals surface area contributed by atoms with Gasteiger partial charge in [0.25, 0.3) is 0 Å². The summed E-state index contributed by atoms with van der Waals surface area (Å²) in [6, 6.07) is 0. The highest BCUT2D eigenvalue weighted by molar-refractivity contribution is 5.84. The van der Waals surface area contributed by atoms with Crippen LogP contribution in [0.3, 0.4) is 0 Å². The number of rotatable bonds is 11. The Balaban J connectivity index is 3.25. The van der Waals surface area contributed by atoms with E-state index in [1.807, 2.05) is 13.8 Å². The molecule has 0 aliphatic heterocycles. The third-order valence-corrected chi connectivity index (χ3v) is 2.61. The maximum Gasteiger partial charge on any atom is 0.239 e. The molecule has 0 aromatic rings. The van der Waals surface area contributed by atoms with Gasteiger partial charge >= 0.3 is 0 Å². The second kappa shape index (κ2) is 12.0. The summed E-state index contributed by atoms with van der Waals surface area (Å²) < 4.78 is 5.44. The largest absolute Gasteiger partial charge is 0.379 e. The van der Waals surface area contributed by atoms with E-state index in [1.54, 1.807) is 6.92 Å². The van der Waals surface area contributed by atoms with Gasteiger partial charge in [0.15, 0.2) is 0 Å². The van der Waals surface area contributed by atoms with Gasteiger partial charge in [-0.15, -0.1) is 0 Å². The topological polar surface area (TPSA) is 67.4 Å². The molecule has 0 aliphatic carbocycles. The lowest BCUT2D eigenvalue weighted by atomic mass is 10.2. The molecule has 0 aromatic heterocycles. The van der Waals surface area contributed by atoms with Gasteiger partial charge < -0.3 is 15.4 Å². The minimum atomic E-state index is -0.120. The van der Waals surface area contributed by atoms with Crippen LogP contribution in [0.15, 0.2) is 0 Å². The van der Waals surface area contributed by atoms with Crippen LogP contribution >= 0.6 is 0 Å². The zero-order chi connectivity index (χ0) is 14.5. The fourth-order valence-electron chi connectivity index (χ4n) is 1.49. The van der Waals surface area contributed by atoms with Gasteiger partial charge in [0.2, 0.25) is 11.8 Å². The minimum absolute atomic E-state index is 0.0783. The van der Waals surface area contributed by atoms with E-state index in [2.05, 4.69) is 10.6 Å². The number of hydrogen-bond acceptors (Lipinski definition) is 3. The number of hydrogen-bond donors (Lipinski definition) is 2. The Labute approximate surface area is 116 Å². The van der Waals surface area contributed by atoms with Crippen LogP contribution in [0, 0.1) is 0 Å². The Morgan fingerprint density at radius 1 is 1.00 bits per heavy atom. The first-order valence-corrected chi connectivity index (χ1v) is 7.21. The molecule has 0 fully saturated rings. The fourth-order valence-corrected chi connectivity index (χ4v) is 1.49. The van der Waals surface area contributed by atoms with Crippen molar-refractivity contribution in [2.24, 2.45) is 0 Å². The molecule has 0 heterocycles. The Morgan fingerprint density at radius 3 is 2.32 bits per heavy atom. The summed E-state index contributed by atoms with van der Waals surface area (Å²) in [7, 11) is 0. The smallest absolute Gasteiger partial charge is 0.239 e. The van der Waals surface area contributed by atoms with Gasteiger partial charge in [0.05, 0.1) is 12.6 Å². The van der Waals surface area contributed by atoms with E-state index in [0.29, 0.717) is 19.1 Å². The van der Waals surface area contributed by atoms with Crippen LogP contribution in [0.4, 0.5) is 0 Å². The SMILES string of the molecule is CCC(=O)NCC(=O)NCCCCCCOC(C)C. The molecule has 19 heavy (non-hydrogen) atoms. The molecular formula is C14H28N2O3. The van der Waals surface area contributed by atoms with Crippen LogP contribution in [0.25, 0.3) is 0 Å². The maximum atomic E-state index is 11.3. The average Bonchev–Trinajstić information content (AvgIpc) is 2.38. The summed E-state index contributed by atoms with van der Waals surface area (Å²) in [6.45, 7) is 7.39. The molecule has 0 spiro atoms. The number of unbranched alkanes of at least 4 members (excludes halogenated alkanes) is 3. The van der Waals surface area contributed by atoms with Crippen LogP contribution in [-0.2, 0) is 14.3 Å². The molecule has 0 atom stereocenters. The Morgan fingerprint density at radius 2 is 1.68 bits per heavy atom. The van der Waals surface area contributed by atoms with Crippen molar-refractivity contribution in [1.82, 2.24) is 10.6 Å². The Bertz CT molecular complexity index is 255. The molecule has 0 aromatic carbocycles. The third-order valence-electron chi connectivity index (χ3n) is 2.61. The van der Waals surface area contributed by atoms with Crippen molar-refractivity contribution in [2.75, 3.05) is 19.7 Å². The van der Waals surface area contributed by atoms with Crippen LogP contribution < -0.4 is 10.6 Å². The van der Waals surface area contributed by atoms with Crippen molar-refractivity contribution in [3.05, 3.63) is 0 Å². The fraction of sp³-hybridized carbons (Fsp3) is 0.857. The second-order valence-corrected chi connectivity index (χ2v) is 4.81. The van der Waals surface area contributed by atoms with Gasteiger partial charge in [-0.25, -0.2) is 0 Å². The highest BCUT2D eigenvalue weighted by Crippen LogP contribution is 2.00. The van der Waals surface area contributed by atoms with E-state index in [1.165, 1.54) is 0 Å². The first-order chi connectivity index (χ1) is 9.06. The summed E-state index contributed by atoms with van der Waals surface area (Å²) in [4.78, 5) is 22.3. The van der Waals surface area contributed by atoms with Gasteiger partial charge in [0, 0.05) is 19.6 Å². The first kappa shape index (κ1) is 17.9. The second-order valence-electron chi connectivity index (χ2n) is 4.81. The van der Waals surface area contributed by atoms with E-state index in [0.717, 1.165) is 32.3 Å². The summed E-state index contributed by atoms with van der Waals surface area (Å²) in [5, 5.41) is 5.33. The van der Waals surface area contributed by atoms with Crippen molar-refractivity contribution in [3.63, 3.8) is 0 Å². The number of nitrogens with one attached hydrogen (secondary N) is 2. The molecular weight excluding hydrogens is 244 g/mol. The molecule has 0 saturated carbocycles. The lowest BCUT2D eigenvalue weighted by Crippen LogP contribution is -2.36. The summed E-state index contributed by atoms with van der Waals surface area (Å²) in [5.74, 6) is -0.217. The van der Waals surface area contributed by atoms with Gasteiger partial charge in [-0.1, -0.05) is 19.8 Å². The third kappa shape index (κ3) is 13.1. The number of ether oxygens (including phenoxy) is 1. The Hall–Kier alpha value is -1.10. The quantitative estimate of drug-likeness (QED) is 0.562. The summed E-state index contributed by atoms with van der Waals surface area (Å²) in [5.41, 5.74) is 0. The van der Waals surface area contributed by atoms with Crippen LogP contribution in [0.5, 0.6) is 0 Å². The molecule has 0 bridgehead atoms. The first-order valence-electron chi connectivity index (χ1n) is 7.21. The molecule has 2 N–H and O–H groups in total. The van der Waals surface area contributed by atoms with Gasteiger partial charge in [-0.05, 0) is 26.7 Å². The predicted octanol–water partition coefficient (Wildman–Crippen LogP) is 1.61. The van der Waals surface area contributed by atoms with E-state index < -0.39 is 0 Å². The van der Waals surface area contributed by atoms with Gasteiger partial charge in [-0.3, -0.25) is 9.59 Å². The summed E-state index contributed by atoms with van der Waals surface area (Å²) in [6.07, 6.45) is 4.95. The zero-order valence-corrected chi connectivity index (χ0v) is 12.5. The minimum Gasteiger partial charge on any atom is -0.379 e. The number of carbonyl (C=O) groups is 2. The lowest BCUT2D eigenvalue weighted by molar-refractivity contribution is -0.125.